The zero-order valence-electron chi connectivity index (χ0n) is 13.7. The van der Waals surface area contributed by atoms with Crippen molar-refractivity contribution in [1.82, 2.24) is 9.80 Å². The van der Waals surface area contributed by atoms with E-state index >= 15 is 0 Å². The second kappa shape index (κ2) is 7.72. The third-order valence-corrected chi connectivity index (χ3v) is 4.46. The second-order valence-corrected chi connectivity index (χ2v) is 6.12. The maximum absolute atomic E-state index is 13.8. The molecular formula is C19H20F2N2O2. The fourth-order valence-electron chi connectivity index (χ4n) is 3.00. The average molecular weight is 346 g/mol. The summed E-state index contributed by atoms with van der Waals surface area (Å²) in [5.41, 5.74) is 0.612. The molecule has 1 heterocycles. The summed E-state index contributed by atoms with van der Waals surface area (Å²) >= 11 is 0. The molecule has 132 valence electrons. The molecule has 4 nitrogen and oxygen atoms in total. The van der Waals surface area contributed by atoms with Gasteiger partial charge in [-0.2, -0.15) is 0 Å². The van der Waals surface area contributed by atoms with Gasteiger partial charge < -0.3 is 10.0 Å². The molecule has 25 heavy (non-hydrogen) atoms. The SMILES string of the molecule is O=C(c1cccc(F)c1F)N1CCN(C[C@@H](O)c2ccccc2)CC1. The highest BCUT2D eigenvalue weighted by atomic mass is 19.2. The van der Waals surface area contributed by atoms with Gasteiger partial charge >= 0.3 is 0 Å². The van der Waals surface area contributed by atoms with Crippen LogP contribution in [0.3, 0.4) is 0 Å². The van der Waals surface area contributed by atoms with Gasteiger partial charge in [0.05, 0.1) is 11.7 Å². The molecule has 6 heteroatoms. The largest absolute Gasteiger partial charge is 0.387 e. The first-order chi connectivity index (χ1) is 12.1. The van der Waals surface area contributed by atoms with Gasteiger partial charge in [-0.25, -0.2) is 8.78 Å². The number of aliphatic hydroxyl groups is 1. The summed E-state index contributed by atoms with van der Waals surface area (Å²) in [6.07, 6.45) is -0.593. The van der Waals surface area contributed by atoms with Crippen LogP contribution in [0.15, 0.2) is 48.5 Å². The third-order valence-electron chi connectivity index (χ3n) is 4.46. The molecule has 1 N–H and O–H groups in total. The van der Waals surface area contributed by atoms with Crippen molar-refractivity contribution in [3.63, 3.8) is 0 Å². The number of aliphatic hydroxyl groups excluding tert-OH is 1. The number of carbonyl (C=O) groups excluding carboxylic acids is 1. The summed E-state index contributed by atoms with van der Waals surface area (Å²) in [6, 6.07) is 13.0. The summed E-state index contributed by atoms with van der Waals surface area (Å²) in [6.45, 7) is 2.45. The van der Waals surface area contributed by atoms with Crippen molar-refractivity contribution in [2.75, 3.05) is 32.7 Å². The number of amides is 1. The van der Waals surface area contributed by atoms with Gasteiger partial charge in [-0.3, -0.25) is 9.69 Å². The molecule has 1 fully saturated rings. The van der Waals surface area contributed by atoms with E-state index in [0.29, 0.717) is 32.7 Å². The second-order valence-electron chi connectivity index (χ2n) is 6.12. The van der Waals surface area contributed by atoms with E-state index in [1.807, 2.05) is 30.3 Å². The molecule has 1 aliphatic heterocycles. The Labute approximate surface area is 145 Å². The lowest BCUT2D eigenvalue weighted by atomic mass is 10.1. The molecule has 0 spiro atoms. The van der Waals surface area contributed by atoms with Crippen molar-refractivity contribution in [2.45, 2.75) is 6.10 Å². The number of carbonyl (C=O) groups is 1. The predicted octanol–water partition coefficient (Wildman–Crippen LogP) is 2.46. The normalized spacial score (nSPS) is 16.7. The minimum absolute atomic E-state index is 0.238. The molecule has 0 unspecified atom stereocenters. The summed E-state index contributed by atoms with van der Waals surface area (Å²) < 4.78 is 27.1. The van der Waals surface area contributed by atoms with E-state index in [1.54, 1.807) is 0 Å². The maximum Gasteiger partial charge on any atom is 0.257 e. The Morgan fingerprint density at radius 1 is 1.00 bits per heavy atom. The Balaban J connectivity index is 1.57. The minimum Gasteiger partial charge on any atom is -0.387 e. The number of hydrogen-bond donors (Lipinski definition) is 1. The summed E-state index contributed by atoms with van der Waals surface area (Å²) in [4.78, 5) is 16.0. The number of hydrogen-bond acceptors (Lipinski definition) is 3. The van der Waals surface area contributed by atoms with Crippen LogP contribution in [0, 0.1) is 11.6 Å². The van der Waals surface area contributed by atoms with E-state index < -0.39 is 23.6 Å². The van der Waals surface area contributed by atoms with Crippen LogP contribution >= 0.6 is 0 Å². The van der Waals surface area contributed by atoms with E-state index in [4.69, 9.17) is 0 Å². The molecule has 2 aromatic rings. The molecule has 0 aliphatic carbocycles. The van der Waals surface area contributed by atoms with Crippen molar-refractivity contribution in [3.05, 3.63) is 71.3 Å². The maximum atomic E-state index is 13.8. The van der Waals surface area contributed by atoms with Crippen LogP contribution in [0.25, 0.3) is 0 Å². The molecule has 0 aromatic heterocycles. The van der Waals surface area contributed by atoms with Crippen molar-refractivity contribution < 1.29 is 18.7 Å². The van der Waals surface area contributed by atoms with Gasteiger partial charge in [0.2, 0.25) is 0 Å². The molecule has 0 saturated carbocycles. The lowest BCUT2D eigenvalue weighted by Gasteiger charge is -2.35. The van der Waals surface area contributed by atoms with Crippen LogP contribution in [0.5, 0.6) is 0 Å². The Morgan fingerprint density at radius 3 is 2.36 bits per heavy atom. The fraction of sp³-hybridized carbons (Fsp3) is 0.316. The number of β-amino-alcohol motifs (C(OH)–C–C–N with tert-alkyl or cyclic N) is 1. The van der Waals surface area contributed by atoms with E-state index in [1.165, 1.54) is 17.0 Å². The quantitative estimate of drug-likeness (QED) is 0.925. The molecule has 1 atom stereocenters. The highest BCUT2D eigenvalue weighted by Crippen LogP contribution is 2.17. The van der Waals surface area contributed by atoms with Gasteiger partial charge in [0.25, 0.3) is 5.91 Å². The molecule has 0 radical (unpaired) electrons. The summed E-state index contributed by atoms with van der Waals surface area (Å²) in [7, 11) is 0. The summed E-state index contributed by atoms with van der Waals surface area (Å²) in [5.74, 6) is -2.62. The van der Waals surface area contributed by atoms with E-state index in [-0.39, 0.29) is 5.56 Å². The Hall–Kier alpha value is -2.31. The molecule has 1 amide bonds. The molecular weight excluding hydrogens is 326 g/mol. The first kappa shape index (κ1) is 17.5. The zero-order valence-corrected chi connectivity index (χ0v) is 13.7. The first-order valence-electron chi connectivity index (χ1n) is 8.25. The Morgan fingerprint density at radius 2 is 1.68 bits per heavy atom. The zero-order chi connectivity index (χ0) is 17.8. The molecule has 0 bridgehead atoms. The van der Waals surface area contributed by atoms with Gasteiger partial charge in [-0.15, -0.1) is 0 Å². The van der Waals surface area contributed by atoms with Crippen LogP contribution in [0.2, 0.25) is 0 Å². The van der Waals surface area contributed by atoms with Crippen LogP contribution < -0.4 is 0 Å². The molecule has 3 rings (SSSR count). The predicted molar refractivity (Wildman–Crippen MR) is 90.1 cm³/mol. The number of benzene rings is 2. The van der Waals surface area contributed by atoms with Crippen LogP contribution in [-0.4, -0.2) is 53.5 Å². The van der Waals surface area contributed by atoms with E-state index in [0.717, 1.165) is 11.6 Å². The van der Waals surface area contributed by atoms with Crippen LogP contribution in [0.1, 0.15) is 22.0 Å². The number of halogens is 2. The first-order valence-corrected chi connectivity index (χ1v) is 8.25. The van der Waals surface area contributed by atoms with Gasteiger partial charge in [0.15, 0.2) is 11.6 Å². The van der Waals surface area contributed by atoms with Crippen molar-refractivity contribution >= 4 is 5.91 Å². The fourth-order valence-corrected chi connectivity index (χ4v) is 3.00. The van der Waals surface area contributed by atoms with Gasteiger partial charge in [-0.05, 0) is 17.7 Å². The number of nitrogens with zero attached hydrogens (tertiary/aromatic N) is 2. The van der Waals surface area contributed by atoms with E-state index in [2.05, 4.69) is 4.90 Å². The standard InChI is InChI=1S/C19H20F2N2O2/c20-16-8-4-7-15(18(16)21)19(25)23-11-9-22(10-12-23)13-17(24)14-5-2-1-3-6-14/h1-8,17,24H,9-13H2/t17-/m1/s1. The molecule has 1 saturated heterocycles. The lowest BCUT2D eigenvalue weighted by molar-refractivity contribution is 0.0523. The lowest BCUT2D eigenvalue weighted by Crippen LogP contribution is -2.49. The van der Waals surface area contributed by atoms with Crippen molar-refractivity contribution in [1.29, 1.82) is 0 Å². The highest BCUT2D eigenvalue weighted by molar-refractivity contribution is 5.94. The summed E-state index contributed by atoms with van der Waals surface area (Å²) in [5, 5.41) is 10.3. The number of rotatable bonds is 4. The molecule has 1 aliphatic rings. The Bertz CT molecular complexity index is 731. The Kier molecular flexibility index (Phi) is 5.40. The van der Waals surface area contributed by atoms with Gasteiger partial charge in [0.1, 0.15) is 0 Å². The minimum atomic E-state index is -1.10. The van der Waals surface area contributed by atoms with Crippen molar-refractivity contribution in [3.8, 4) is 0 Å². The van der Waals surface area contributed by atoms with Crippen LogP contribution in [-0.2, 0) is 0 Å². The van der Waals surface area contributed by atoms with E-state index in [9.17, 15) is 18.7 Å². The monoisotopic (exact) mass is 346 g/mol. The smallest absolute Gasteiger partial charge is 0.257 e. The molecule has 2 aromatic carbocycles. The highest BCUT2D eigenvalue weighted by Gasteiger charge is 2.26. The third kappa shape index (κ3) is 4.03. The topological polar surface area (TPSA) is 43.8 Å². The van der Waals surface area contributed by atoms with Gasteiger partial charge in [0, 0.05) is 32.7 Å². The average Bonchev–Trinajstić information content (AvgIpc) is 2.65. The van der Waals surface area contributed by atoms with Crippen molar-refractivity contribution in [2.24, 2.45) is 0 Å². The van der Waals surface area contributed by atoms with Crippen LogP contribution in [0.4, 0.5) is 8.78 Å². The van der Waals surface area contributed by atoms with Gasteiger partial charge in [-0.1, -0.05) is 36.4 Å². The number of piperazine rings is 1.